The number of nitrogens with zero attached hydrogens (tertiary/aromatic N) is 2. The number of para-hydroxylation sites is 1. The Balaban J connectivity index is 2.14. The maximum Gasteiger partial charge on any atom is 0.262 e. The van der Waals surface area contributed by atoms with Gasteiger partial charge < -0.3 is 14.8 Å². The number of benzene rings is 2. The average Bonchev–Trinajstić information content (AvgIpc) is 2.65. The van der Waals surface area contributed by atoms with Crippen LogP contribution in [0.3, 0.4) is 0 Å². The highest BCUT2D eigenvalue weighted by molar-refractivity contribution is 9.10. The van der Waals surface area contributed by atoms with Crippen LogP contribution in [-0.4, -0.2) is 19.6 Å². The van der Waals surface area contributed by atoms with Gasteiger partial charge in [-0.25, -0.2) is 0 Å². The van der Waals surface area contributed by atoms with Crippen molar-refractivity contribution in [2.75, 3.05) is 19.0 Å². The van der Waals surface area contributed by atoms with Gasteiger partial charge in [-0.2, -0.15) is 10.5 Å². The SMILES string of the molecule is COc1cc(C=C(C#N)C#N)cc(Br)c1OCC(=O)Nc1ccccc1. The van der Waals surface area contributed by atoms with Gasteiger partial charge in [-0.05, 0) is 51.8 Å². The van der Waals surface area contributed by atoms with E-state index < -0.39 is 0 Å². The minimum Gasteiger partial charge on any atom is -0.493 e. The number of amides is 1. The van der Waals surface area contributed by atoms with E-state index in [9.17, 15) is 4.79 Å². The third-order valence-electron chi connectivity index (χ3n) is 3.21. The Kier molecular flexibility index (Phi) is 6.78. The van der Waals surface area contributed by atoms with E-state index in [1.54, 1.807) is 36.4 Å². The first-order chi connectivity index (χ1) is 12.6. The molecule has 0 spiro atoms. The van der Waals surface area contributed by atoms with Crippen LogP contribution in [0.1, 0.15) is 5.56 Å². The van der Waals surface area contributed by atoms with Crippen LogP contribution in [0.25, 0.3) is 6.08 Å². The van der Waals surface area contributed by atoms with Crippen molar-refractivity contribution in [1.82, 2.24) is 0 Å². The summed E-state index contributed by atoms with van der Waals surface area (Å²) in [5.74, 6) is 0.405. The number of ether oxygens (including phenoxy) is 2. The maximum absolute atomic E-state index is 12.0. The van der Waals surface area contributed by atoms with Crippen molar-refractivity contribution in [3.05, 3.63) is 58.1 Å². The summed E-state index contributed by atoms with van der Waals surface area (Å²) in [4.78, 5) is 12.0. The highest BCUT2D eigenvalue weighted by atomic mass is 79.9. The van der Waals surface area contributed by atoms with Crippen LogP contribution in [0.5, 0.6) is 11.5 Å². The number of carbonyl (C=O) groups is 1. The van der Waals surface area contributed by atoms with Crippen LogP contribution in [0.15, 0.2) is 52.5 Å². The van der Waals surface area contributed by atoms with Gasteiger partial charge in [-0.3, -0.25) is 4.79 Å². The molecular formula is C19H14BrN3O3. The molecule has 6 nitrogen and oxygen atoms in total. The van der Waals surface area contributed by atoms with E-state index in [2.05, 4.69) is 21.2 Å². The highest BCUT2D eigenvalue weighted by Crippen LogP contribution is 2.37. The summed E-state index contributed by atoms with van der Waals surface area (Å²) in [6, 6.07) is 15.9. The standard InChI is InChI=1S/C19H14BrN3O3/c1-25-17-9-13(7-14(10-21)11-22)8-16(20)19(17)26-12-18(24)23-15-5-3-2-4-6-15/h2-9H,12H2,1H3,(H,23,24). The van der Waals surface area contributed by atoms with Gasteiger partial charge in [0.15, 0.2) is 18.1 Å². The first-order valence-corrected chi connectivity index (χ1v) is 8.23. The van der Waals surface area contributed by atoms with Gasteiger partial charge in [-0.15, -0.1) is 0 Å². The Hall–Kier alpha value is -3.29. The van der Waals surface area contributed by atoms with Crippen LogP contribution in [-0.2, 0) is 4.79 Å². The van der Waals surface area contributed by atoms with E-state index in [4.69, 9.17) is 20.0 Å². The van der Waals surface area contributed by atoms with Gasteiger partial charge in [0.25, 0.3) is 5.91 Å². The van der Waals surface area contributed by atoms with Crippen LogP contribution in [0, 0.1) is 22.7 Å². The lowest BCUT2D eigenvalue weighted by Crippen LogP contribution is -2.20. The Morgan fingerprint density at radius 3 is 2.54 bits per heavy atom. The molecule has 0 unspecified atom stereocenters. The number of halogens is 1. The van der Waals surface area contributed by atoms with Crippen LogP contribution in [0.4, 0.5) is 5.69 Å². The molecule has 0 aliphatic carbocycles. The van der Waals surface area contributed by atoms with Crippen molar-refractivity contribution in [3.8, 4) is 23.6 Å². The normalized spacial score (nSPS) is 9.38. The molecule has 2 rings (SSSR count). The number of hydrogen-bond acceptors (Lipinski definition) is 5. The number of rotatable bonds is 6. The zero-order valence-corrected chi connectivity index (χ0v) is 15.4. The Labute approximate surface area is 159 Å². The topological polar surface area (TPSA) is 95.1 Å². The minimum atomic E-state index is -0.314. The third-order valence-corrected chi connectivity index (χ3v) is 3.80. The smallest absolute Gasteiger partial charge is 0.262 e. The molecule has 2 aromatic carbocycles. The number of nitriles is 2. The number of hydrogen-bond donors (Lipinski definition) is 1. The second-order valence-electron chi connectivity index (χ2n) is 5.02. The zero-order chi connectivity index (χ0) is 18.9. The van der Waals surface area contributed by atoms with Crippen LogP contribution in [0.2, 0.25) is 0 Å². The van der Waals surface area contributed by atoms with Crippen molar-refractivity contribution in [1.29, 1.82) is 10.5 Å². The van der Waals surface area contributed by atoms with E-state index in [1.165, 1.54) is 13.2 Å². The van der Waals surface area contributed by atoms with E-state index >= 15 is 0 Å². The van der Waals surface area contributed by atoms with Gasteiger partial charge in [0, 0.05) is 5.69 Å². The summed E-state index contributed by atoms with van der Waals surface area (Å²) >= 11 is 3.36. The fourth-order valence-corrected chi connectivity index (χ4v) is 2.65. The van der Waals surface area contributed by atoms with E-state index in [0.29, 0.717) is 27.2 Å². The predicted octanol–water partition coefficient (Wildman–Crippen LogP) is 3.91. The van der Waals surface area contributed by atoms with E-state index in [1.807, 2.05) is 18.2 Å². The zero-order valence-electron chi connectivity index (χ0n) is 13.8. The lowest BCUT2D eigenvalue weighted by atomic mass is 10.1. The lowest BCUT2D eigenvalue weighted by Gasteiger charge is -2.13. The van der Waals surface area contributed by atoms with Gasteiger partial charge in [-0.1, -0.05) is 18.2 Å². The Bertz CT molecular complexity index is 896. The first kappa shape index (κ1) is 19.0. The van der Waals surface area contributed by atoms with Crippen LogP contribution >= 0.6 is 15.9 Å². The molecule has 1 amide bonds. The number of nitrogens with one attached hydrogen (secondary N) is 1. The largest absolute Gasteiger partial charge is 0.493 e. The fraction of sp³-hybridized carbons (Fsp3) is 0.105. The molecule has 0 heterocycles. The molecule has 26 heavy (non-hydrogen) atoms. The number of allylic oxidation sites excluding steroid dienone is 1. The molecule has 0 aliphatic rings. The summed E-state index contributed by atoms with van der Waals surface area (Å²) in [5, 5.41) is 20.4. The van der Waals surface area contributed by atoms with Crippen LogP contribution < -0.4 is 14.8 Å². The summed E-state index contributed by atoms with van der Waals surface area (Å²) in [6.07, 6.45) is 1.43. The molecule has 2 aromatic rings. The van der Waals surface area contributed by atoms with Crippen molar-refractivity contribution >= 4 is 33.6 Å². The van der Waals surface area contributed by atoms with Crippen molar-refractivity contribution in [2.45, 2.75) is 0 Å². The van der Waals surface area contributed by atoms with Gasteiger partial charge in [0.05, 0.1) is 11.6 Å². The predicted molar refractivity (Wildman–Crippen MR) is 100 cm³/mol. The minimum absolute atomic E-state index is 0.0325. The molecule has 0 atom stereocenters. The fourth-order valence-electron chi connectivity index (χ4n) is 2.08. The second-order valence-corrected chi connectivity index (χ2v) is 5.87. The highest BCUT2D eigenvalue weighted by Gasteiger charge is 2.13. The van der Waals surface area contributed by atoms with Crippen molar-refractivity contribution < 1.29 is 14.3 Å². The van der Waals surface area contributed by atoms with Gasteiger partial charge in [0.2, 0.25) is 0 Å². The van der Waals surface area contributed by atoms with Gasteiger partial charge >= 0.3 is 0 Å². The number of carbonyl (C=O) groups excluding carboxylic acids is 1. The summed E-state index contributed by atoms with van der Waals surface area (Å²) < 4.78 is 11.4. The molecule has 1 N–H and O–H groups in total. The molecule has 0 saturated heterocycles. The number of anilines is 1. The first-order valence-electron chi connectivity index (χ1n) is 7.44. The molecule has 0 radical (unpaired) electrons. The third kappa shape index (κ3) is 5.10. The van der Waals surface area contributed by atoms with Crippen molar-refractivity contribution in [2.24, 2.45) is 0 Å². The summed E-state index contributed by atoms with van der Waals surface area (Å²) in [7, 11) is 1.46. The monoisotopic (exact) mass is 411 g/mol. The summed E-state index contributed by atoms with van der Waals surface area (Å²) in [6.45, 7) is -0.208. The molecule has 0 bridgehead atoms. The molecular weight excluding hydrogens is 398 g/mol. The van der Waals surface area contributed by atoms with Gasteiger partial charge in [0.1, 0.15) is 17.7 Å². The molecule has 130 valence electrons. The summed E-state index contributed by atoms with van der Waals surface area (Å²) in [5.41, 5.74) is 1.23. The number of methoxy groups -OCH3 is 1. The molecule has 0 aliphatic heterocycles. The molecule has 0 fully saturated rings. The average molecular weight is 412 g/mol. The van der Waals surface area contributed by atoms with E-state index in [-0.39, 0.29) is 18.1 Å². The van der Waals surface area contributed by atoms with E-state index in [0.717, 1.165) is 0 Å². The Morgan fingerprint density at radius 1 is 1.23 bits per heavy atom. The maximum atomic E-state index is 12.0. The lowest BCUT2D eigenvalue weighted by molar-refractivity contribution is -0.118. The van der Waals surface area contributed by atoms with Crippen molar-refractivity contribution in [3.63, 3.8) is 0 Å². The second kappa shape index (κ2) is 9.26. The Morgan fingerprint density at radius 2 is 1.92 bits per heavy atom. The molecule has 0 aromatic heterocycles. The molecule has 7 heteroatoms. The quantitative estimate of drug-likeness (QED) is 0.726. The molecule has 0 saturated carbocycles.